The van der Waals surface area contributed by atoms with Gasteiger partial charge in [0.1, 0.15) is 19.5 Å². The molecule has 0 aliphatic heterocycles. The van der Waals surface area contributed by atoms with E-state index >= 15 is 0 Å². The molecule has 3 nitrogen and oxygen atoms in total. The topological polar surface area (TPSA) is 22.8 Å². The van der Waals surface area contributed by atoms with Gasteiger partial charge in [-0.3, -0.25) is 0 Å². The molecule has 3 rings (SSSR count). The van der Waals surface area contributed by atoms with Crippen molar-refractivity contribution in [3.05, 3.63) is 59.2 Å². The minimum Gasteiger partial charge on any atom is -0.303 e. The molecular weight excluding hydrogens is 257 g/mol. The van der Waals surface area contributed by atoms with E-state index in [2.05, 4.69) is 81.1 Å². The minimum absolute atomic E-state index is 0.984. The van der Waals surface area contributed by atoms with Crippen LogP contribution in [-0.2, 0) is 0 Å². The summed E-state index contributed by atoms with van der Waals surface area (Å²) in [7, 11) is 2.12. The van der Waals surface area contributed by atoms with E-state index in [1.165, 1.54) is 28.2 Å². The number of aryl methyl sites for hydroxylation is 4. The molecule has 3 aromatic heterocycles. The molecule has 3 aromatic rings. The van der Waals surface area contributed by atoms with Crippen molar-refractivity contribution in [2.75, 3.05) is 0 Å². The molecule has 0 bridgehead atoms. The Morgan fingerprint density at radius 3 is 1.38 bits per heavy atom. The van der Waals surface area contributed by atoms with Crippen molar-refractivity contribution in [3.63, 3.8) is 0 Å². The third kappa shape index (κ3) is 2.31. The van der Waals surface area contributed by atoms with Crippen LogP contribution >= 0.6 is 0 Å². The number of rotatable bonds is 2. The SMILES string of the molecule is Bc1cc(-n2c(C)ccc2C)nc(-n2c(C)ccc2C)c1. The first kappa shape index (κ1) is 13.7. The van der Waals surface area contributed by atoms with Gasteiger partial charge in [-0.15, -0.1) is 0 Å². The zero-order chi connectivity index (χ0) is 15.1. The smallest absolute Gasteiger partial charge is 0.139 e. The van der Waals surface area contributed by atoms with Gasteiger partial charge in [-0.1, -0.05) is 5.46 Å². The highest BCUT2D eigenvalue weighted by atomic mass is 15.1. The molecular formula is C17H20BN3. The molecule has 0 radical (unpaired) electrons. The number of pyridine rings is 1. The van der Waals surface area contributed by atoms with Crippen LogP contribution in [-0.4, -0.2) is 22.0 Å². The lowest BCUT2D eigenvalue weighted by molar-refractivity contribution is 0.876. The molecule has 0 atom stereocenters. The standard InChI is InChI=1S/C17H20BN3/c1-11-5-6-12(2)20(11)16-9-15(18)10-17(19-16)21-13(3)7-8-14(21)4/h5-10H,18H2,1-4H3. The molecule has 0 N–H and O–H groups in total. The van der Waals surface area contributed by atoms with Crippen molar-refractivity contribution in [2.24, 2.45) is 0 Å². The second-order valence-corrected chi connectivity index (χ2v) is 5.76. The van der Waals surface area contributed by atoms with Gasteiger partial charge < -0.3 is 9.13 Å². The summed E-state index contributed by atoms with van der Waals surface area (Å²) in [6.45, 7) is 8.46. The minimum atomic E-state index is 0.984. The molecule has 21 heavy (non-hydrogen) atoms. The van der Waals surface area contributed by atoms with Crippen molar-refractivity contribution in [1.82, 2.24) is 14.1 Å². The van der Waals surface area contributed by atoms with E-state index in [0.717, 1.165) is 11.6 Å². The van der Waals surface area contributed by atoms with Gasteiger partial charge in [-0.25, -0.2) is 4.98 Å². The first-order valence-electron chi connectivity index (χ1n) is 7.26. The van der Waals surface area contributed by atoms with Crippen LogP contribution in [0, 0.1) is 27.7 Å². The number of nitrogens with zero attached hydrogens (tertiary/aromatic N) is 3. The molecule has 0 fully saturated rings. The summed E-state index contributed by atoms with van der Waals surface area (Å²) in [4.78, 5) is 4.89. The Balaban J connectivity index is 2.23. The summed E-state index contributed by atoms with van der Waals surface area (Å²) >= 11 is 0. The number of hydrogen-bond donors (Lipinski definition) is 0. The lowest BCUT2D eigenvalue weighted by atomic mass is 9.97. The Bertz CT molecular complexity index is 708. The lowest BCUT2D eigenvalue weighted by Gasteiger charge is -2.14. The maximum Gasteiger partial charge on any atom is 0.139 e. The lowest BCUT2D eigenvalue weighted by Crippen LogP contribution is -2.14. The van der Waals surface area contributed by atoms with Gasteiger partial charge in [0.05, 0.1) is 0 Å². The molecule has 3 heterocycles. The highest BCUT2D eigenvalue weighted by Gasteiger charge is 2.10. The van der Waals surface area contributed by atoms with Crippen molar-refractivity contribution in [1.29, 1.82) is 0 Å². The van der Waals surface area contributed by atoms with Crippen LogP contribution in [0.4, 0.5) is 0 Å². The van der Waals surface area contributed by atoms with E-state index < -0.39 is 0 Å². The summed E-state index contributed by atoms with van der Waals surface area (Å²) < 4.78 is 4.40. The van der Waals surface area contributed by atoms with Crippen molar-refractivity contribution < 1.29 is 0 Å². The van der Waals surface area contributed by atoms with Gasteiger partial charge in [0, 0.05) is 22.8 Å². The largest absolute Gasteiger partial charge is 0.303 e. The van der Waals surface area contributed by atoms with E-state index in [-0.39, 0.29) is 0 Å². The average Bonchev–Trinajstić information content (AvgIpc) is 2.92. The van der Waals surface area contributed by atoms with Crippen LogP contribution < -0.4 is 5.46 Å². The Morgan fingerprint density at radius 2 is 1.05 bits per heavy atom. The molecule has 0 aliphatic rings. The fourth-order valence-electron chi connectivity index (χ4n) is 2.92. The Morgan fingerprint density at radius 1 is 0.714 bits per heavy atom. The van der Waals surface area contributed by atoms with Gasteiger partial charge in [0.25, 0.3) is 0 Å². The van der Waals surface area contributed by atoms with Crippen LogP contribution in [0.2, 0.25) is 0 Å². The van der Waals surface area contributed by atoms with Crippen molar-refractivity contribution in [2.45, 2.75) is 27.7 Å². The van der Waals surface area contributed by atoms with Crippen molar-refractivity contribution >= 4 is 13.3 Å². The summed E-state index contributed by atoms with van der Waals surface area (Å²) in [5.74, 6) is 1.97. The highest BCUT2D eigenvalue weighted by Crippen LogP contribution is 2.18. The second kappa shape index (κ2) is 4.95. The van der Waals surface area contributed by atoms with E-state index in [1.54, 1.807) is 0 Å². The molecule has 0 aromatic carbocycles. The van der Waals surface area contributed by atoms with E-state index in [1.807, 2.05) is 0 Å². The Kier molecular flexibility index (Phi) is 3.24. The molecule has 0 unspecified atom stereocenters. The Labute approximate surface area is 126 Å². The van der Waals surface area contributed by atoms with Gasteiger partial charge in [-0.05, 0) is 64.1 Å². The second-order valence-electron chi connectivity index (χ2n) is 5.76. The highest BCUT2D eigenvalue weighted by molar-refractivity contribution is 6.32. The van der Waals surface area contributed by atoms with Crippen LogP contribution in [0.25, 0.3) is 11.6 Å². The summed E-state index contributed by atoms with van der Waals surface area (Å²) in [6, 6.07) is 12.8. The first-order valence-corrected chi connectivity index (χ1v) is 7.26. The maximum absolute atomic E-state index is 4.89. The molecule has 4 heteroatoms. The average molecular weight is 277 g/mol. The molecule has 0 saturated heterocycles. The number of hydrogen-bond acceptors (Lipinski definition) is 1. The van der Waals surface area contributed by atoms with Crippen molar-refractivity contribution in [3.8, 4) is 11.6 Å². The first-order chi connectivity index (χ1) is 9.97. The molecule has 0 saturated carbocycles. The zero-order valence-corrected chi connectivity index (χ0v) is 13.3. The van der Waals surface area contributed by atoms with Gasteiger partial charge in [0.2, 0.25) is 0 Å². The number of aromatic nitrogens is 3. The summed E-state index contributed by atoms with van der Waals surface area (Å²) in [5.41, 5.74) is 6.04. The zero-order valence-electron chi connectivity index (χ0n) is 13.3. The van der Waals surface area contributed by atoms with Crippen LogP contribution in [0.5, 0.6) is 0 Å². The summed E-state index contributed by atoms with van der Waals surface area (Å²) in [6.07, 6.45) is 0. The van der Waals surface area contributed by atoms with Gasteiger partial charge in [0.15, 0.2) is 0 Å². The van der Waals surface area contributed by atoms with Gasteiger partial charge >= 0.3 is 0 Å². The third-order valence-corrected chi connectivity index (χ3v) is 3.94. The van der Waals surface area contributed by atoms with E-state index in [4.69, 9.17) is 4.98 Å². The molecule has 106 valence electrons. The fourth-order valence-corrected chi connectivity index (χ4v) is 2.92. The van der Waals surface area contributed by atoms with Crippen LogP contribution in [0.3, 0.4) is 0 Å². The van der Waals surface area contributed by atoms with E-state index in [0.29, 0.717) is 0 Å². The Hall–Kier alpha value is -2.23. The molecule has 0 spiro atoms. The predicted molar refractivity (Wildman–Crippen MR) is 90.0 cm³/mol. The third-order valence-electron chi connectivity index (χ3n) is 3.94. The quantitative estimate of drug-likeness (QED) is 0.658. The maximum atomic E-state index is 4.89. The molecule has 0 amide bonds. The molecule has 0 aliphatic carbocycles. The summed E-state index contributed by atoms with van der Waals surface area (Å²) in [5, 5.41) is 0. The van der Waals surface area contributed by atoms with Crippen LogP contribution in [0.15, 0.2) is 36.4 Å². The normalized spacial score (nSPS) is 11.0. The predicted octanol–water partition coefficient (Wildman–Crippen LogP) is 2.16. The van der Waals surface area contributed by atoms with Crippen LogP contribution in [0.1, 0.15) is 22.8 Å². The monoisotopic (exact) mass is 277 g/mol. The fraction of sp³-hybridized carbons (Fsp3) is 0.235. The van der Waals surface area contributed by atoms with Gasteiger partial charge in [-0.2, -0.15) is 0 Å². The van der Waals surface area contributed by atoms with E-state index in [9.17, 15) is 0 Å².